The lowest BCUT2D eigenvalue weighted by Gasteiger charge is -2.29. The number of aliphatic hydroxyl groups excluding tert-OH is 1. The van der Waals surface area contributed by atoms with E-state index in [1.165, 1.54) is 0 Å². The summed E-state index contributed by atoms with van der Waals surface area (Å²) < 4.78 is 32.1. The van der Waals surface area contributed by atoms with Crippen molar-refractivity contribution >= 4 is 6.09 Å². The van der Waals surface area contributed by atoms with Gasteiger partial charge in [0.05, 0.1) is 6.54 Å². The zero-order valence-corrected chi connectivity index (χ0v) is 12.0. The number of alkyl carbamates (subject to hydrolysis) is 1. The first-order valence-electron chi connectivity index (χ1n) is 6.15. The number of amides is 1. The fourth-order valence-corrected chi connectivity index (χ4v) is 1.25. The molecule has 114 valence electrons. The lowest BCUT2D eigenvalue weighted by molar-refractivity contribution is -0.119. The Labute approximate surface area is 112 Å². The van der Waals surface area contributed by atoms with Crippen LogP contribution < -0.4 is 11.1 Å². The molecule has 0 aliphatic heterocycles. The SMILES string of the molecule is CC(C)C(N)C(O)C(F)(F)CNC(=O)OC(C)(C)C. The lowest BCUT2D eigenvalue weighted by atomic mass is 9.95. The number of carbonyl (C=O) groups excluding carboxylic acids is 1. The van der Waals surface area contributed by atoms with Gasteiger partial charge in [0.25, 0.3) is 5.92 Å². The Morgan fingerprint density at radius 3 is 2.21 bits per heavy atom. The van der Waals surface area contributed by atoms with E-state index in [0.717, 1.165) is 0 Å². The summed E-state index contributed by atoms with van der Waals surface area (Å²) in [6.07, 6.45) is -2.99. The summed E-state index contributed by atoms with van der Waals surface area (Å²) in [6, 6.07) is -1.07. The third kappa shape index (κ3) is 6.68. The molecule has 0 aromatic carbocycles. The van der Waals surface area contributed by atoms with Crippen molar-refractivity contribution in [3.8, 4) is 0 Å². The largest absolute Gasteiger partial charge is 0.444 e. The van der Waals surface area contributed by atoms with Gasteiger partial charge in [-0.05, 0) is 26.7 Å². The molecular weight excluding hydrogens is 258 g/mol. The first kappa shape index (κ1) is 18.0. The number of nitrogens with two attached hydrogens (primary N) is 1. The highest BCUT2D eigenvalue weighted by molar-refractivity contribution is 5.67. The summed E-state index contributed by atoms with van der Waals surface area (Å²) in [7, 11) is 0. The van der Waals surface area contributed by atoms with Crippen LogP contribution in [0.2, 0.25) is 0 Å². The van der Waals surface area contributed by atoms with Crippen molar-refractivity contribution in [3.63, 3.8) is 0 Å². The molecule has 0 aromatic rings. The molecule has 2 atom stereocenters. The topological polar surface area (TPSA) is 84.6 Å². The predicted molar refractivity (Wildman–Crippen MR) is 68.0 cm³/mol. The minimum absolute atomic E-state index is 0.303. The van der Waals surface area contributed by atoms with E-state index in [0.29, 0.717) is 0 Å². The van der Waals surface area contributed by atoms with Crippen molar-refractivity contribution in [2.75, 3.05) is 6.54 Å². The van der Waals surface area contributed by atoms with Crippen LogP contribution in [0.4, 0.5) is 13.6 Å². The lowest BCUT2D eigenvalue weighted by Crippen LogP contribution is -2.54. The number of alkyl halides is 2. The second-order valence-electron chi connectivity index (χ2n) is 5.88. The monoisotopic (exact) mass is 282 g/mol. The molecule has 0 bridgehead atoms. The standard InChI is InChI=1S/C12H24F2N2O3/c1-7(2)8(15)9(17)12(13,14)6-16-10(18)19-11(3,4)5/h7-9,17H,6,15H2,1-5H3,(H,16,18). The minimum Gasteiger partial charge on any atom is -0.444 e. The van der Waals surface area contributed by atoms with Gasteiger partial charge in [0.15, 0.2) is 0 Å². The summed E-state index contributed by atoms with van der Waals surface area (Å²) >= 11 is 0. The fraction of sp³-hybridized carbons (Fsp3) is 0.917. The summed E-state index contributed by atoms with van der Waals surface area (Å²) in [5.74, 6) is -3.82. The van der Waals surface area contributed by atoms with Crippen LogP contribution in [-0.2, 0) is 4.74 Å². The molecule has 0 aromatic heterocycles. The molecule has 7 heteroatoms. The van der Waals surface area contributed by atoms with Gasteiger partial charge in [-0.25, -0.2) is 13.6 Å². The highest BCUT2D eigenvalue weighted by Crippen LogP contribution is 2.22. The molecule has 0 aliphatic carbocycles. The van der Waals surface area contributed by atoms with Crippen LogP contribution >= 0.6 is 0 Å². The molecule has 0 heterocycles. The van der Waals surface area contributed by atoms with Gasteiger partial charge in [-0.15, -0.1) is 0 Å². The van der Waals surface area contributed by atoms with Crippen molar-refractivity contribution < 1.29 is 23.4 Å². The summed E-state index contributed by atoms with van der Waals surface area (Å²) in [5, 5.41) is 11.4. The van der Waals surface area contributed by atoms with Crippen LogP contribution in [0.5, 0.6) is 0 Å². The van der Waals surface area contributed by atoms with E-state index in [4.69, 9.17) is 10.5 Å². The average Bonchev–Trinajstić information content (AvgIpc) is 2.22. The number of hydrogen-bond acceptors (Lipinski definition) is 4. The quantitative estimate of drug-likeness (QED) is 0.713. The van der Waals surface area contributed by atoms with E-state index in [1.54, 1.807) is 34.6 Å². The molecule has 5 nitrogen and oxygen atoms in total. The van der Waals surface area contributed by atoms with Crippen molar-refractivity contribution in [1.82, 2.24) is 5.32 Å². The van der Waals surface area contributed by atoms with Gasteiger partial charge in [-0.3, -0.25) is 0 Å². The van der Waals surface area contributed by atoms with Crippen molar-refractivity contribution in [1.29, 1.82) is 0 Å². The summed E-state index contributed by atoms with van der Waals surface area (Å²) in [4.78, 5) is 11.3. The molecule has 19 heavy (non-hydrogen) atoms. The molecule has 4 N–H and O–H groups in total. The van der Waals surface area contributed by atoms with Crippen LogP contribution in [0.15, 0.2) is 0 Å². The smallest absolute Gasteiger partial charge is 0.407 e. The van der Waals surface area contributed by atoms with Gasteiger partial charge in [-0.1, -0.05) is 13.8 Å². The maximum Gasteiger partial charge on any atom is 0.407 e. The van der Waals surface area contributed by atoms with Gasteiger partial charge in [-0.2, -0.15) is 0 Å². The van der Waals surface area contributed by atoms with Gasteiger partial charge in [0, 0.05) is 6.04 Å². The van der Waals surface area contributed by atoms with E-state index in [1.807, 2.05) is 5.32 Å². The Balaban J connectivity index is 4.42. The summed E-state index contributed by atoms with van der Waals surface area (Å²) in [5.41, 5.74) is 4.71. The molecule has 0 spiro atoms. The third-order valence-corrected chi connectivity index (χ3v) is 2.43. The Bertz CT molecular complexity index is 304. The van der Waals surface area contributed by atoms with Crippen LogP contribution in [0, 0.1) is 5.92 Å². The van der Waals surface area contributed by atoms with Gasteiger partial charge < -0.3 is 20.9 Å². The second kappa shape index (κ2) is 6.47. The third-order valence-electron chi connectivity index (χ3n) is 2.43. The van der Waals surface area contributed by atoms with Crippen LogP contribution in [0.3, 0.4) is 0 Å². The molecule has 0 aliphatic rings. The average molecular weight is 282 g/mol. The number of nitrogens with one attached hydrogen (secondary N) is 1. The van der Waals surface area contributed by atoms with Crippen molar-refractivity contribution in [2.24, 2.45) is 11.7 Å². The number of halogens is 2. The highest BCUT2D eigenvalue weighted by Gasteiger charge is 2.43. The molecule has 0 saturated carbocycles. The number of hydrogen-bond donors (Lipinski definition) is 3. The molecule has 1 amide bonds. The Morgan fingerprint density at radius 2 is 1.84 bits per heavy atom. The van der Waals surface area contributed by atoms with E-state index in [9.17, 15) is 18.7 Å². The van der Waals surface area contributed by atoms with Crippen molar-refractivity contribution in [3.05, 3.63) is 0 Å². The van der Waals surface area contributed by atoms with E-state index < -0.39 is 36.3 Å². The first-order valence-corrected chi connectivity index (χ1v) is 6.15. The Kier molecular flexibility index (Phi) is 6.15. The molecule has 0 rings (SSSR count). The first-order chi connectivity index (χ1) is 8.37. The number of aliphatic hydroxyl groups is 1. The van der Waals surface area contributed by atoms with E-state index in [2.05, 4.69) is 0 Å². The number of ether oxygens (including phenoxy) is 1. The number of rotatable bonds is 5. The molecule has 0 fully saturated rings. The van der Waals surface area contributed by atoms with Gasteiger partial charge in [0.1, 0.15) is 11.7 Å². The Hall–Kier alpha value is -0.950. The molecular formula is C12H24F2N2O3. The molecule has 2 unspecified atom stereocenters. The predicted octanol–water partition coefficient (Wildman–Crippen LogP) is 1.49. The van der Waals surface area contributed by atoms with Crippen LogP contribution in [-0.4, -0.2) is 41.4 Å². The van der Waals surface area contributed by atoms with Crippen LogP contribution in [0.25, 0.3) is 0 Å². The fourth-order valence-electron chi connectivity index (χ4n) is 1.25. The van der Waals surface area contributed by atoms with Gasteiger partial charge >= 0.3 is 6.09 Å². The van der Waals surface area contributed by atoms with Gasteiger partial charge in [0.2, 0.25) is 0 Å². The maximum absolute atomic E-state index is 13.6. The maximum atomic E-state index is 13.6. The van der Waals surface area contributed by atoms with Crippen LogP contribution in [0.1, 0.15) is 34.6 Å². The summed E-state index contributed by atoms with van der Waals surface area (Å²) in [6.45, 7) is 7.09. The number of carbonyl (C=O) groups is 1. The molecule has 0 saturated heterocycles. The normalized spacial score (nSPS) is 16.1. The second-order valence-corrected chi connectivity index (χ2v) is 5.88. The van der Waals surface area contributed by atoms with E-state index >= 15 is 0 Å². The van der Waals surface area contributed by atoms with E-state index in [-0.39, 0.29) is 5.92 Å². The highest BCUT2D eigenvalue weighted by atomic mass is 19.3. The molecule has 0 radical (unpaired) electrons. The zero-order valence-electron chi connectivity index (χ0n) is 12.0. The Morgan fingerprint density at radius 1 is 1.37 bits per heavy atom. The zero-order chi connectivity index (χ0) is 15.4. The minimum atomic E-state index is -3.51. The van der Waals surface area contributed by atoms with Crippen molar-refractivity contribution in [2.45, 2.75) is 58.3 Å².